The van der Waals surface area contributed by atoms with Crippen molar-refractivity contribution in [3.63, 3.8) is 0 Å². The maximum atomic E-state index is 12.6. The van der Waals surface area contributed by atoms with Crippen LogP contribution in [-0.4, -0.2) is 59.9 Å². The lowest BCUT2D eigenvalue weighted by Crippen LogP contribution is -2.34. The van der Waals surface area contributed by atoms with Gasteiger partial charge in [0.25, 0.3) is 0 Å². The van der Waals surface area contributed by atoms with Crippen LogP contribution >= 0.6 is 7.82 Å². The molecule has 0 rings (SSSR count). The predicted octanol–water partition coefficient (Wildman–Crippen LogP) is 9.83. The summed E-state index contributed by atoms with van der Waals surface area (Å²) in [7, 11) is -4.72. The molecular formula is C40H70NO10P. The Labute approximate surface area is 314 Å². The first-order chi connectivity index (χ1) is 25.1. The van der Waals surface area contributed by atoms with Crippen LogP contribution < -0.4 is 5.73 Å². The van der Waals surface area contributed by atoms with Crippen molar-refractivity contribution in [1.82, 2.24) is 0 Å². The maximum absolute atomic E-state index is 12.6. The molecule has 3 atom stereocenters. The van der Waals surface area contributed by atoms with Gasteiger partial charge in [0.1, 0.15) is 12.6 Å². The number of phosphoric ester groups is 1. The Morgan fingerprint density at radius 3 is 1.62 bits per heavy atom. The molecule has 0 amide bonds. The highest BCUT2D eigenvalue weighted by atomic mass is 31.2. The van der Waals surface area contributed by atoms with Gasteiger partial charge in [0.2, 0.25) is 0 Å². The van der Waals surface area contributed by atoms with Crippen LogP contribution in [0.25, 0.3) is 0 Å². The van der Waals surface area contributed by atoms with E-state index in [-0.39, 0.29) is 19.4 Å². The van der Waals surface area contributed by atoms with Crippen molar-refractivity contribution in [3.8, 4) is 0 Å². The van der Waals surface area contributed by atoms with Gasteiger partial charge in [-0.25, -0.2) is 4.57 Å². The normalized spacial score (nSPS) is 14.4. The molecule has 1 unspecified atom stereocenters. The summed E-state index contributed by atoms with van der Waals surface area (Å²) in [6.07, 6.45) is 37.6. The zero-order valence-corrected chi connectivity index (χ0v) is 33.0. The van der Waals surface area contributed by atoms with Crippen molar-refractivity contribution in [2.75, 3.05) is 19.8 Å². The van der Waals surface area contributed by atoms with E-state index in [1.807, 2.05) is 0 Å². The van der Waals surface area contributed by atoms with Crippen LogP contribution in [0.5, 0.6) is 0 Å². The Kier molecular flexibility index (Phi) is 33.7. The van der Waals surface area contributed by atoms with Gasteiger partial charge in [-0.05, 0) is 77.0 Å². The van der Waals surface area contributed by atoms with Crippen molar-refractivity contribution in [3.05, 3.63) is 48.6 Å². The third-order valence-electron chi connectivity index (χ3n) is 8.05. The molecule has 0 aromatic rings. The number of nitrogens with two attached hydrogens (primary N) is 1. The molecule has 0 spiro atoms. The third kappa shape index (κ3) is 34.5. The maximum Gasteiger partial charge on any atom is 0.472 e. The Bertz CT molecular complexity index is 1070. The van der Waals surface area contributed by atoms with E-state index >= 15 is 0 Å². The molecule has 12 heteroatoms. The first-order valence-corrected chi connectivity index (χ1v) is 21.2. The quantitative estimate of drug-likeness (QED) is 0.0241. The highest BCUT2D eigenvalue weighted by molar-refractivity contribution is 7.47. The number of unbranched alkanes of at least 4 members (excludes halogenated alkanes) is 14. The van der Waals surface area contributed by atoms with Crippen molar-refractivity contribution in [2.24, 2.45) is 5.73 Å². The topological polar surface area (TPSA) is 172 Å². The van der Waals surface area contributed by atoms with Gasteiger partial charge in [0.05, 0.1) is 13.2 Å². The van der Waals surface area contributed by atoms with E-state index in [4.69, 9.17) is 24.8 Å². The van der Waals surface area contributed by atoms with Gasteiger partial charge in [-0.15, -0.1) is 0 Å². The predicted molar refractivity (Wildman–Crippen MR) is 208 cm³/mol. The second-order valence-corrected chi connectivity index (χ2v) is 14.5. The van der Waals surface area contributed by atoms with Gasteiger partial charge < -0.3 is 25.2 Å². The fourth-order valence-electron chi connectivity index (χ4n) is 4.89. The number of rotatable bonds is 36. The highest BCUT2D eigenvalue weighted by Crippen LogP contribution is 2.43. The molecule has 0 heterocycles. The standard InChI is InChI=1S/C40H70NO10P/c1-3-5-7-9-11-13-15-17-18-20-22-24-26-28-30-32-39(43)51-36(34-49-52(46,47)50-35-37(41)40(44)45)33-48-38(42)31-29-27-25-23-21-19-16-14-12-10-8-6-4-2/h11,13,17-19,21-22,24,36-37H,3-10,12,14-16,20,23,25-35,41H2,1-2H3,(H,44,45)(H,46,47)/b13-11+,18-17+,21-19+,24-22+/t36-,37+/m1/s1. The third-order valence-corrected chi connectivity index (χ3v) is 9.00. The Balaban J connectivity index is 4.54. The minimum Gasteiger partial charge on any atom is -0.480 e. The average Bonchev–Trinajstić information content (AvgIpc) is 3.12. The molecule has 4 N–H and O–H groups in total. The van der Waals surface area contributed by atoms with Crippen molar-refractivity contribution < 1.29 is 47.5 Å². The monoisotopic (exact) mass is 755 g/mol. The van der Waals surface area contributed by atoms with Gasteiger partial charge in [-0.1, -0.05) is 114 Å². The van der Waals surface area contributed by atoms with Crippen molar-refractivity contribution >= 4 is 25.7 Å². The molecule has 0 aromatic carbocycles. The number of ether oxygens (including phenoxy) is 2. The number of hydrogen-bond acceptors (Lipinski definition) is 9. The SMILES string of the molecule is CCCCC/C=C/C/C=C/C/C=C/CCCCC(=O)O[C@H](COC(=O)CCCCC/C=C/CCCCCCCC)COP(=O)(O)OC[C@H](N)C(=O)O. The van der Waals surface area contributed by atoms with Crippen LogP contribution in [0.4, 0.5) is 0 Å². The first kappa shape index (κ1) is 49.4. The zero-order chi connectivity index (χ0) is 38.5. The number of allylic oxidation sites excluding steroid dienone is 8. The van der Waals surface area contributed by atoms with E-state index in [0.29, 0.717) is 12.8 Å². The molecule has 11 nitrogen and oxygen atoms in total. The molecule has 52 heavy (non-hydrogen) atoms. The smallest absolute Gasteiger partial charge is 0.472 e. The lowest BCUT2D eigenvalue weighted by molar-refractivity contribution is -0.161. The summed E-state index contributed by atoms with van der Waals surface area (Å²) in [5, 5.41) is 8.86. The molecular weight excluding hydrogens is 685 g/mol. The highest BCUT2D eigenvalue weighted by Gasteiger charge is 2.28. The summed E-state index contributed by atoms with van der Waals surface area (Å²) >= 11 is 0. The zero-order valence-electron chi connectivity index (χ0n) is 32.1. The number of hydrogen-bond donors (Lipinski definition) is 3. The van der Waals surface area contributed by atoms with Gasteiger partial charge in [-0.2, -0.15) is 0 Å². The Morgan fingerprint density at radius 2 is 1.02 bits per heavy atom. The largest absolute Gasteiger partial charge is 0.480 e. The second-order valence-electron chi connectivity index (χ2n) is 13.1. The van der Waals surface area contributed by atoms with Crippen LogP contribution in [-0.2, 0) is 37.5 Å². The lowest BCUT2D eigenvalue weighted by Gasteiger charge is -2.20. The van der Waals surface area contributed by atoms with E-state index in [2.05, 4.69) is 67.0 Å². The summed E-state index contributed by atoms with van der Waals surface area (Å²) in [5.74, 6) is -2.45. The molecule has 0 aromatic heterocycles. The first-order valence-electron chi connectivity index (χ1n) is 19.7. The van der Waals surface area contributed by atoms with Crippen LogP contribution in [0, 0.1) is 0 Å². The summed E-state index contributed by atoms with van der Waals surface area (Å²) in [5.41, 5.74) is 5.31. The molecule has 0 radical (unpaired) electrons. The summed E-state index contributed by atoms with van der Waals surface area (Å²) < 4.78 is 32.5. The van der Waals surface area contributed by atoms with Crippen LogP contribution in [0.2, 0.25) is 0 Å². The van der Waals surface area contributed by atoms with Crippen molar-refractivity contribution in [1.29, 1.82) is 0 Å². The van der Waals surface area contributed by atoms with E-state index in [9.17, 15) is 23.8 Å². The average molecular weight is 756 g/mol. The van der Waals surface area contributed by atoms with Gasteiger partial charge in [0, 0.05) is 12.8 Å². The number of carboxylic acid groups (broad SMARTS) is 1. The molecule has 0 saturated heterocycles. The minimum absolute atomic E-state index is 0.108. The van der Waals surface area contributed by atoms with Crippen LogP contribution in [0.1, 0.15) is 155 Å². The summed E-state index contributed by atoms with van der Waals surface area (Å²) in [6.45, 7) is 2.68. The number of phosphoric acid groups is 1. The number of aliphatic carboxylic acids is 1. The van der Waals surface area contributed by atoms with E-state index in [1.54, 1.807) is 0 Å². The fraction of sp³-hybridized carbons (Fsp3) is 0.725. The molecule has 0 aliphatic heterocycles. The van der Waals surface area contributed by atoms with E-state index in [0.717, 1.165) is 57.8 Å². The number of carboxylic acids is 1. The molecule has 0 fully saturated rings. The summed E-state index contributed by atoms with van der Waals surface area (Å²) in [4.78, 5) is 45.7. The van der Waals surface area contributed by atoms with Crippen LogP contribution in [0.15, 0.2) is 48.6 Å². The van der Waals surface area contributed by atoms with Gasteiger partial charge in [-0.3, -0.25) is 23.4 Å². The molecule has 300 valence electrons. The molecule has 0 aliphatic rings. The number of carbonyl (C=O) groups is 3. The molecule has 0 saturated carbocycles. The van der Waals surface area contributed by atoms with Crippen LogP contribution in [0.3, 0.4) is 0 Å². The van der Waals surface area contributed by atoms with E-state index < -0.39 is 51.1 Å². The number of esters is 2. The fourth-order valence-corrected chi connectivity index (χ4v) is 5.67. The molecule has 0 bridgehead atoms. The second kappa shape index (κ2) is 35.5. The Hall–Kier alpha value is -2.56. The van der Waals surface area contributed by atoms with Gasteiger partial charge >= 0.3 is 25.7 Å². The Morgan fingerprint density at radius 1 is 0.596 bits per heavy atom. The van der Waals surface area contributed by atoms with Gasteiger partial charge in [0.15, 0.2) is 6.10 Å². The minimum atomic E-state index is -4.72. The van der Waals surface area contributed by atoms with E-state index in [1.165, 1.54) is 57.8 Å². The van der Waals surface area contributed by atoms with Crippen molar-refractivity contribution in [2.45, 2.75) is 167 Å². The summed E-state index contributed by atoms with van der Waals surface area (Å²) in [6, 6.07) is -1.53. The molecule has 0 aliphatic carbocycles. The lowest BCUT2D eigenvalue weighted by atomic mass is 10.1. The number of carbonyl (C=O) groups excluding carboxylic acids is 2.